The normalized spacial score (nSPS) is 10.3. The Kier molecular flexibility index (Phi) is 3.32. The van der Waals surface area contributed by atoms with E-state index in [4.69, 9.17) is 10.3 Å². The van der Waals surface area contributed by atoms with Crippen molar-refractivity contribution in [3.63, 3.8) is 0 Å². The largest absolute Gasteiger partial charge is 0.397 e. The van der Waals surface area contributed by atoms with Gasteiger partial charge in [-0.3, -0.25) is 4.79 Å². The lowest BCUT2D eigenvalue weighted by atomic mass is 10.1. The highest BCUT2D eigenvalue weighted by molar-refractivity contribution is 5.95. The number of rotatable bonds is 3. The number of para-hydroxylation sites is 2. The average molecular weight is 245 g/mol. The van der Waals surface area contributed by atoms with Crippen molar-refractivity contribution >= 4 is 17.3 Å². The number of nitrogens with zero attached hydrogens (tertiary/aromatic N) is 1. The smallest absolute Gasteiger partial charge is 0.229 e. The van der Waals surface area contributed by atoms with Gasteiger partial charge in [-0.25, -0.2) is 0 Å². The Balaban J connectivity index is 2.08. The molecule has 1 aromatic heterocycles. The maximum atomic E-state index is 11.9. The van der Waals surface area contributed by atoms with Crippen LogP contribution in [0.15, 0.2) is 28.8 Å². The summed E-state index contributed by atoms with van der Waals surface area (Å²) in [6.07, 6.45) is 0.232. The van der Waals surface area contributed by atoms with Crippen molar-refractivity contribution in [1.82, 2.24) is 5.16 Å². The topological polar surface area (TPSA) is 81.2 Å². The summed E-state index contributed by atoms with van der Waals surface area (Å²) in [7, 11) is 0. The van der Waals surface area contributed by atoms with Crippen molar-refractivity contribution in [2.24, 2.45) is 0 Å². The summed E-state index contributed by atoms with van der Waals surface area (Å²) in [6.45, 7) is 3.61. The van der Waals surface area contributed by atoms with Gasteiger partial charge in [-0.1, -0.05) is 17.3 Å². The fourth-order valence-electron chi connectivity index (χ4n) is 1.72. The van der Waals surface area contributed by atoms with Gasteiger partial charge in [-0.05, 0) is 26.0 Å². The van der Waals surface area contributed by atoms with E-state index in [-0.39, 0.29) is 12.3 Å². The SMILES string of the molecule is Cc1noc(C)c1CC(=O)Nc1ccccc1N. The molecule has 0 saturated heterocycles. The Hall–Kier alpha value is -2.30. The lowest BCUT2D eigenvalue weighted by Crippen LogP contribution is -2.16. The van der Waals surface area contributed by atoms with Gasteiger partial charge in [0.15, 0.2) is 0 Å². The Morgan fingerprint density at radius 3 is 2.72 bits per heavy atom. The van der Waals surface area contributed by atoms with Crippen LogP contribution in [0, 0.1) is 13.8 Å². The van der Waals surface area contributed by atoms with E-state index in [0.29, 0.717) is 17.1 Å². The second-order valence-corrected chi connectivity index (χ2v) is 4.11. The molecular weight excluding hydrogens is 230 g/mol. The molecule has 0 unspecified atom stereocenters. The van der Waals surface area contributed by atoms with Crippen molar-refractivity contribution in [2.75, 3.05) is 11.1 Å². The van der Waals surface area contributed by atoms with Crippen molar-refractivity contribution in [1.29, 1.82) is 0 Å². The van der Waals surface area contributed by atoms with Crippen LogP contribution in [0.4, 0.5) is 11.4 Å². The number of benzene rings is 1. The van der Waals surface area contributed by atoms with Gasteiger partial charge in [-0.2, -0.15) is 0 Å². The molecule has 5 heteroatoms. The summed E-state index contributed by atoms with van der Waals surface area (Å²) in [6, 6.07) is 7.15. The Labute approximate surface area is 105 Å². The minimum atomic E-state index is -0.137. The fourth-order valence-corrected chi connectivity index (χ4v) is 1.72. The second-order valence-electron chi connectivity index (χ2n) is 4.11. The summed E-state index contributed by atoms with van der Waals surface area (Å²) < 4.78 is 5.02. The molecule has 0 atom stereocenters. The van der Waals surface area contributed by atoms with Crippen LogP contribution >= 0.6 is 0 Å². The Bertz CT molecular complexity index is 556. The third-order valence-corrected chi connectivity index (χ3v) is 2.75. The minimum absolute atomic E-state index is 0.137. The minimum Gasteiger partial charge on any atom is -0.397 e. The van der Waals surface area contributed by atoms with E-state index < -0.39 is 0 Å². The van der Waals surface area contributed by atoms with E-state index in [1.54, 1.807) is 19.1 Å². The first-order chi connectivity index (χ1) is 8.58. The third kappa shape index (κ3) is 2.51. The maximum absolute atomic E-state index is 11.9. The zero-order valence-corrected chi connectivity index (χ0v) is 10.4. The van der Waals surface area contributed by atoms with E-state index in [9.17, 15) is 4.79 Å². The van der Waals surface area contributed by atoms with E-state index in [1.807, 2.05) is 19.1 Å². The molecule has 0 fully saturated rings. The van der Waals surface area contributed by atoms with Gasteiger partial charge in [-0.15, -0.1) is 0 Å². The number of carbonyl (C=O) groups excluding carboxylic acids is 1. The first-order valence-corrected chi connectivity index (χ1v) is 5.64. The predicted molar refractivity (Wildman–Crippen MR) is 69.2 cm³/mol. The number of aryl methyl sites for hydroxylation is 2. The van der Waals surface area contributed by atoms with Crippen LogP contribution in [-0.2, 0) is 11.2 Å². The molecule has 1 heterocycles. The summed E-state index contributed by atoms with van der Waals surface area (Å²) in [5.74, 6) is 0.533. The molecule has 0 bridgehead atoms. The number of nitrogen functional groups attached to an aromatic ring is 1. The van der Waals surface area contributed by atoms with Crippen molar-refractivity contribution in [3.8, 4) is 0 Å². The Morgan fingerprint density at radius 1 is 1.39 bits per heavy atom. The summed E-state index contributed by atoms with van der Waals surface area (Å²) in [4.78, 5) is 11.9. The van der Waals surface area contributed by atoms with E-state index in [1.165, 1.54) is 0 Å². The maximum Gasteiger partial charge on any atom is 0.229 e. The quantitative estimate of drug-likeness (QED) is 0.811. The summed E-state index contributed by atoms with van der Waals surface area (Å²) >= 11 is 0. The van der Waals surface area contributed by atoms with Crippen molar-refractivity contribution in [3.05, 3.63) is 41.3 Å². The first kappa shape index (κ1) is 12.2. The monoisotopic (exact) mass is 245 g/mol. The predicted octanol–water partition coefficient (Wildman–Crippen LogP) is 2.05. The lowest BCUT2D eigenvalue weighted by molar-refractivity contribution is -0.115. The molecule has 2 rings (SSSR count). The molecule has 0 aliphatic rings. The number of amides is 1. The number of nitrogens with two attached hydrogens (primary N) is 1. The van der Waals surface area contributed by atoms with E-state index >= 15 is 0 Å². The van der Waals surface area contributed by atoms with Gasteiger partial charge < -0.3 is 15.6 Å². The average Bonchev–Trinajstić information content (AvgIpc) is 2.64. The van der Waals surface area contributed by atoms with Crippen LogP contribution in [0.5, 0.6) is 0 Å². The molecule has 3 N–H and O–H groups in total. The lowest BCUT2D eigenvalue weighted by Gasteiger charge is -2.07. The van der Waals surface area contributed by atoms with Gasteiger partial charge >= 0.3 is 0 Å². The zero-order valence-electron chi connectivity index (χ0n) is 10.4. The molecule has 1 amide bonds. The molecule has 0 radical (unpaired) electrons. The molecule has 0 aliphatic heterocycles. The number of carbonyl (C=O) groups is 1. The van der Waals surface area contributed by atoms with Crippen LogP contribution in [0.2, 0.25) is 0 Å². The highest BCUT2D eigenvalue weighted by Crippen LogP contribution is 2.18. The van der Waals surface area contributed by atoms with E-state index in [2.05, 4.69) is 10.5 Å². The highest BCUT2D eigenvalue weighted by Gasteiger charge is 2.13. The molecule has 94 valence electrons. The Morgan fingerprint density at radius 2 is 2.11 bits per heavy atom. The third-order valence-electron chi connectivity index (χ3n) is 2.75. The standard InChI is InChI=1S/C13H15N3O2/c1-8-10(9(2)18-16-8)7-13(17)15-12-6-4-3-5-11(12)14/h3-6H,7,14H2,1-2H3,(H,15,17). The van der Waals surface area contributed by atoms with Gasteiger partial charge in [0.05, 0.1) is 23.5 Å². The molecule has 0 aliphatic carbocycles. The molecule has 0 spiro atoms. The van der Waals surface area contributed by atoms with Crippen LogP contribution < -0.4 is 11.1 Å². The molecule has 18 heavy (non-hydrogen) atoms. The second kappa shape index (κ2) is 4.91. The van der Waals surface area contributed by atoms with Crippen LogP contribution in [0.3, 0.4) is 0 Å². The number of hydrogen-bond donors (Lipinski definition) is 2. The van der Waals surface area contributed by atoms with Crippen LogP contribution in [0.1, 0.15) is 17.0 Å². The van der Waals surface area contributed by atoms with E-state index in [0.717, 1.165) is 11.3 Å². The van der Waals surface area contributed by atoms with Gasteiger partial charge in [0.1, 0.15) is 5.76 Å². The molecule has 2 aromatic rings. The van der Waals surface area contributed by atoms with Crippen LogP contribution in [0.25, 0.3) is 0 Å². The summed E-state index contributed by atoms with van der Waals surface area (Å²) in [5, 5.41) is 6.58. The molecule has 0 saturated carbocycles. The number of anilines is 2. The fraction of sp³-hybridized carbons (Fsp3) is 0.231. The first-order valence-electron chi connectivity index (χ1n) is 5.64. The van der Waals surface area contributed by atoms with Crippen molar-refractivity contribution in [2.45, 2.75) is 20.3 Å². The van der Waals surface area contributed by atoms with Crippen LogP contribution in [-0.4, -0.2) is 11.1 Å². The number of hydrogen-bond acceptors (Lipinski definition) is 4. The van der Waals surface area contributed by atoms with Gasteiger partial charge in [0.2, 0.25) is 5.91 Å². The van der Waals surface area contributed by atoms with Gasteiger partial charge in [0, 0.05) is 5.56 Å². The molecule has 1 aromatic carbocycles. The van der Waals surface area contributed by atoms with Gasteiger partial charge in [0.25, 0.3) is 0 Å². The molecular formula is C13H15N3O2. The number of aromatic nitrogens is 1. The summed E-state index contributed by atoms with van der Waals surface area (Å²) in [5.41, 5.74) is 8.48. The molecule has 5 nitrogen and oxygen atoms in total. The van der Waals surface area contributed by atoms with Crippen molar-refractivity contribution < 1.29 is 9.32 Å². The zero-order chi connectivity index (χ0) is 13.1. The number of nitrogens with one attached hydrogen (secondary N) is 1. The highest BCUT2D eigenvalue weighted by atomic mass is 16.5.